The molecule has 0 aliphatic heterocycles. The molecule has 1 aliphatic carbocycles. The van der Waals surface area contributed by atoms with Gasteiger partial charge in [0.1, 0.15) is 5.84 Å². The molecule has 0 unspecified atom stereocenters. The van der Waals surface area contributed by atoms with E-state index in [9.17, 15) is 0 Å². The molecule has 5 heteroatoms. The summed E-state index contributed by atoms with van der Waals surface area (Å²) < 4.78 is 0. The van der Waals surface area contributed by atoms with Gasteiger partial charge in [0.15, 0.2) is 5.84 Å². The maximum atomic E-state index is 5.26. The predicted octanol–water partition coefficient (Wildman–Crippen LogP) is 9.14. The molecule has 0 radical (unpaired) electrons. The molecule has 0 aromatic heterocycles. The van der Waals surface area contributed by atoms with E-state index in [1.807, 2.05) is 13.1 Å². The summed E-state index contributed by atoms with van der Waals surface area (Å²) in [5, 5.41) is 10.1. The van der Waals surface area contributed by atoms with E-state index in [-0.39, 0.29) is 5.41 Å². The first-order valence-corrected chi connectivity index (χ1v) is 20.1. The second-order valence-corrected chi connectivity index (χ2v) is 16.3. The molecule has 7 aromatic carbocycles. The van der Waals surface area contributed by atoms with Crippen molar-refractivity contribution in [1.29, 1.82) is 0 Å². The summed E-state index contributed by atoms with van der Waals surface area (Å²) in [7, 11) is 1.31. The third-order valence-corrected chi connectivity index (χ3v) is 12.1. The number of aliphatic imine (C=N–C) groups is 2. The molecule has 4 nitrogen and oxygen atoms in total. The minimum absolute atomic E-state index is 0.115. The summed E-state index contributed by atoms with van der Waals surface area (Å²) in [5.74, 6) is 1.46. The van der Waals surface area contributed by atoms with Crippen molar-refractivity contribution >= 4 is 42.9 Å². The molecular weight excluding hydrogens is 673 g/mol. The Kier molecular flexibility index (Phi) is 9.88. The molecule has 0 fully saturated rings. The number of anilines is 2. The maximum Gasteiger partial charge on any atom is 0.157 e. The minimum atomic E-state index is -0.625. The summed E-state index contributed by atoms with van der Waals surface area (Å²) in [6.45, 7) is 5.18. The van der Waals surface area contributed by atoms with Crippen molar-refractivity contribution < 1.29 is 0 Å². The monoisotopic (exact) mass is 716 g/mol. The molecule has 0 saturated heterocycles. The molecular formula is C49H44N4Si. The van der Waals surface area contributed by atoms with Crippen LogP contribution in [0.5, 0.6) is 0 Å². The van der Waals surface area contributed by atoms with Crippen LogP contribution in [-0.4, -0.2) is 28.2 Å². The van der Waals surface area contributed by atoms with E-state index in [2.05, 4.69) is 194 Å². The second-order valence-electron chi connectivity index (χ2n) is 14.4. The first-order chi connectivity index (χ1) is 26.5. The molecule has 0 saturated carbocycles. The highest BCUT2D eigenvalue weighted by Gasteiger charge is 2.37. The normalized spacial score (nSPS) is 13.5. The zero-order valence-corrected chi connectivity index (χ0v) is 32.5. The van der Waals surface area contributed by atoms with Crippen LogP contribution in [0.1, 0.15) is 41.7 Å². The van der Waals surface area contributed by atoms with Gasteiger partial charge in [-0.05, 0) is 39.9 Å². The van der Waals surface area contributed by atoms with Crippen LogP contribution in [0.2, 0.25) is 0 Å². The van der Waals surface area contributed by atoms with E-state index in [0.29, 0.717) is 12.4 Å². The van der Waals surface area contributed by atoms with Crippen molar-refractivity contribution in [3.8, 4) is 22.3 Å². The van der Waals surface area contributed by atoms with Gasteiger partial charge in [-0.25, -0.2) is 4.99 Å². The Bertz CT molecular complexity index is 2470. The number of amidine groups is 2. The Balaban J connectivity index is 1.21. The SMILES string of the molecule is CN/C(=N\C(=N/Cc1ccccc1)c1cccc(Nc2c(-c3ccccc3)ccc3c2-c2ccccc2C3(C)C)c1)c1cccc([SiH2]c2ccccc2)c1. The smallest absolute Gasteiger partial charge is 0.157 e. The van der Waals surface area contributed by atoms with E-state index in [1.54, 1.807) is 0 Å². The molecule has 0 amide bonds. The van der Waals surface area contributed by atoms with Crippen LogP contribution in [-0.2, 0) is 12.0 Å². The number of rotatable bonds is 9. The van der Waals surface area contributed by atoms with Gasteiger partial charge in [-0.15, -0.1) is 0 Å². The summed E-state index contributed by atoms with van der Waals surface area (Å²) >= 11 is 0. The molecule has 54 heavy (non-hydrogen) atoms. The number of hydrogen-bond acceptors (Lipinski definition) is 2. The molecule has 0 spiro atoms. The van der Waals surface area contributed by atoms with Crippen LogP contribution in [0.25, 0.3) is 22.3 Å². The standard InChI is InChI=1S/C49H44N4Si/c1-49(2)43-28-14-13-27-42(43)45-44(49)30-29-41(35-19-9-5-10-20-35)46(45)52-38-23-15-21-36(31-38)48(51-33-34-17-7-4-8-18-34)53-47(50-3)37-22-16-26-40(32-37)54-39-24-11-6-12-25-39/h4-32,52H,33,54H2,1-3H3,(H,50,51,53). The lowest BCUT2D eigenvalue weighted by Gasteiger charge is -2.23. The van der Waals surface area contributed by atoms with Crippen LogP contribution in [0, 0.1) is 0 Å². The Morgan fingerprint density at radius 1 is 0.593 bits per heavy atom. The summed E-state index contributed by atoms with van der Waals surface area (Å²) in [6, 6.07) is 62.6. The second kappa shape index (κ2) is 15.4. The van der Waals surface area contributed by atoms with Crippen LogP contribution >= 0.6 is 0 Å². The largest absolute Gasteiger partial charge is 0.373 e. The summed E-state index contributed by atoms with van der Waals surface area (Å²) in [6.07, 6.45) is 0. The van der Waals surface area contributed by atoms with Gasteiger partial charge in [0.2, 0.25) is 0 Å². The fraction of sp³-hybridized carbons (Fsp3) is 0.102. The van der Waals surface area contributed by atoms with Crippen LogP contribution in [0.15, 0.2) is 186 Å². The first kappa shape index (κ1) is 34.8. The summed E-state index contributed by atoms with van der Waals surface area (Å²) in [4.78, 5) is 10.4. The van der Waals surface area contributed by atoms with E-state index in [0.717, 1.165) is 33.9 Å². The van der Waals surface area contributed by atoms with Gasteiger partial charge < -0.3 is 10.6 Å². The van der Waals surface area contributed by atoms with E-state index in [4.69, 9.17) is 9.98 Å². The lowest BCUT2D eigenvalue weighted by atomic mass is 9.82. The molecule has 1 aliphatic rings. The average molecular weight is 717 g/mol. The Morgan fingerprint density at radius 3 is 2.04 bits per heavy atom. The molecule has 264 valence electrons. The lowest BCUT2D eigenvalue weighted by Crippen LogP contribution is -2.29. The van der Waals surface area contributed by atoms with Gasteiger partial charge >= 0.3 is 0 Å². The molecule has 0 atom stereocenters. The molecule has 0 bridgehead atoms. The topological polar surface area (TPSA) is 48.8 Å². The molecule has 0 heterocycles. The highest BCUT2D eigenvalue weighted by atomic mass is 28.2. The van der Waals surface area contributed by atoms with Gasteiger partial charge in [0.05, 0.1) is 21.8 Å². The van der Waals surface area contributed by atoms with Crippen molar-refractivity contribution in [3.05, 3.63) is 204 Å². The third kappa shape index (κ3) is 7.19. The fourth-order valence-electron chi connectivity index (χ4n) is 7.63. The van der Waals surface area contributed by atoms with Crippen molar-refractivity contribution in [3.63, 3.8) is 0 Å². The average Bonchev–Trinajstić information content (AvgIpc) is 3.45. The van der Waals surface area contributed by atoms with Gasteiger partial charge in [0, 0.05) is 40.4 Å². The zero-order chi connectivity index (χ0) is 36.9. The maximum absolute atomic E-state index is 5.26. The Labute approximate surface area is 321 Å². The Morgan fingerprint density at radius 2 is 1.26 bits per heavy atom. The van der Waals surface area contributed by atoms with Gasteiger partial charge in [-0.3, -0.25) is 4.99 Å². The lowest BCUT2D eigenvalue weighted by molar-refractivity contribution is 0.660. The van der Waals surface area contributed by atoms with Crippen molar-refractivity contribution in [1.82, 2.24) is 5.32 Å². The number of fused-ring (bicyclic) bond motifs is 3. The van der Waals surface area contributed by atoms with Crippen molar-refractivity contribution in [2.45, 2.75) is 25.8 Å². The van der Waals surface area contributed by atoms with Crippen LogP contribution in [0.4, 0.5) is 11.4 Å². The third-order valence-electron chi connectivity index (χ3n) is 10.4. The fourth-order valence-corrected chi connectivity index (χ4v) is 9.19. The predicted molar refractivity (Wildman–Crippen MR) is 232 cm³/mol. The van der Waals surface area contributed by atoms with Crippen molar-refractivity contribution in [2.75, 3.05) is 12.4 Å². The highest BCUT2D eigenvalue weighted by molar-refractivity contribution is 6.67. The molecule has 7 aromatic rings. The number of benzene rings is 7. The first-order valence-electron chi connectivity index (χ1n) is 18.7. The number of nitrogens with one attached hydrogen (secondary N) is 2. The molecule has 8 rings (SSSR count). The van der Waals surface area contributed by atoms with E-state index < -0.39 is 9.52 Å². The minimum Gasteiger partial charge on any atom is -0.373 e. The highest BCUT2D eigenvalue weighted by Crippen LogP contribution is 2.54. The number of nitrogens with zero attached hydrogens (tertiary/aromatic N) is 2. The number of hydrogen-bond donors (Lipinski definition) is 2. The van der Waals surface area contributed by atoms with Crippen LogP contribution in [0.3, 0.4) is 0 Å². The van der Waals surface area contributed by atoms with E-state index >= 15 is 0 Å². The van der Waals surface area contributed by atoms with Gasteiger partial charge in [-0.2, -0.15) is 0 Å². The van der Waals surface area contributed by atoms with Gasteiger partial charge in [-0.1, -0.05) is 188 Å². The van der Waals surface area contributed by atoms with E-state index in [1.165, 1.54) is 43.8 Å². The Hall–Kier alpha value is -6.30. The van der Waals surface area contributed by atoms with Crippen LogP contribution < -0.4 is 21.0 Å². The van der Waals surface area contributed by atoms with Crippen molar-refractivity contribution in [2.24, 2.45) is 9.98 Å². The zero-order valence-electron chi connectivity index (χ0n) is 31.1. The molecule has 2 N–H and O–H groups in total. The van der Waals surface area contributed by atoms with Gasteiger partial charge in [0.25, 0.3) is 0 Å². The summed E-state index contributed by atoms with van der Waals surface area (Å²) in [5.41, 5.74) is 12.6. The quantitative estimate of drug-likeness (QED) is 0.0890.